The third-order valence-electron chi connectivity index (χ3n) is 1.55. The van der Waals surface area contributed by atoms with Gasteiger partial charge in [-0.15, -0.1) is 11.3 Å². The molecule has 3 nitrogen and oxygen atoms in total. The van der Waals surface area contributed by atoms with Gasteiger partial charge < -0.3 is 4.84 Å². The van der Waals surface area contributed by atoms with E-state index in [0.29, 0.717) is 4.88 Å². The number of hydrogen-bond donors (Lipinski definition) is 1. The largest absolute Gasteiger partial charge is 0.366 e. The Labute approximate surface area is 81.7 Å². The van der Waals surface area contributed by atoms with E-state index < -0.39 is 0 Å². The summed E-state index contributed by atoms with van der Waals surface area (Å²) >= 11 is 1.49. The van der Waals surface area contributed by atoms with E-state index in [0.717, 1.165) is 12.8 Å². The molecule has 0 spiro atoms. The lowest BCUT2D eigenvalue weighted by atomic mass is 10.3. The van der Waals surface area contributed by atoms with Crippen molar-refractivity contribution in [2.75, 3.05) is 7.05 Å². The number of rotatable bonds is 4. The molecular weight excluding hydrogens is 186 g/mol. The Hall–Kier alpha value is -0.870. The molecule has 0 aliphatic heterocycles. The lowest BCUT2D eigenvalue weighted by Gasteiger charge is -1.96. The van der Waals surface area contributed by atoms with Crippen molar-refractivity contribution in [3.8, 4) is 0 Å². The third-order valence-corrected chi connectivity index (χ3v) is 2.68. The molecule has 0 aliphatic rings. The maximum Gasteiger partial charge on any atom is 0.366 e. The van der Waals surface area contributed by atoms with Gasteiger partial charge in [0.25, 0.3) is 0 Å². The zero-order valence-corrected chi connectivity index (χ0v) is 8.61. The summed E-state index contributed by atoms with van der Waals surface area (Å²) in [5, 5.41) is 0. The van der Waals surface area contributed by atoms with Crippen LogP contribution in [0.25, 0.3) is 0 Å². The Morgan fingerprint density at radius 3 is 3.00 bits per heavy atom. The highest BCUT2D eigenvalue weighted by Crippen LogP contribution is 2.18. The Kier molecular flexibility index (Phi) is 3.92. The van der Waals surface area contributed by atoms with Gasteiger partial charge in [-0.05, 0) is 18.6 Å². The number of nitrogens with one attached hydrogen (secondary N) is 1. The fourth-order valence-electron chi connectivity index (χ4n) is 1.01. The maximum atomic E-state index is 11.2. The minimum Gasteiger partial charge on any atom is -0.366 e. The molecule has 0 radical (unpaired) electrons. The van der Waals surface area contributed by atoms with Gasteiger partial charge >= 0.3 is 5.97 Å². The highest BCUT2D eigenvalue weighted by molar-refractivity contribution is 7.13. The van der Waals surface area contributed by atoms with Crippen LogP contribution in [0.15, 0.2) is 12.1 Å². The van der Waals surface area contributed by atoms with Crippen molar-refractivity contribution in [3.05, 3.63) is 21.9 Å². The lowest BCUT2D eigenvalue weighted by molar-refractivity contribution is 0.0316. The van der Waals surface area contributed by atoms with Crippen molar-refractivity contribution in [1.29, 1.82) is 0 Å². The second kappa shape index (κ2) is 4.99. The summed E-state index contributed by atoms with van der Waals surface area (Å²) in [6.45, 7) is 2.12. The van der Waals surface area contributed by atoms with Crippen LogP contribution >= 0.6 is 11.3 Å². The van der Waals surface area contributed by atoms with Gasteiger partial charge in [0.1, 0.15) is 4.88 Å². The van der Waals surface area contributed by atoms with E-state index in [-0.39, 0.29) is 5.97 Å². The van der Waals surface area contributed by atoms with Crippen LogP contribution in [-0.4, -0.2) is 13.0 Å². The van der Waals surface area contributed by atoms with Gasteiger partial charge in [-0.3, -0.25) is 0 Å². The fraction of sp³-hybridized carbons (Fsp3) is 0.444. The average molecular weight is 199 g/mol. The zero-order chi connectivity index (χ0) is 9.68. The smallest absolute Gasteiger partial charge is 0.366 e. The lowest BCUT2D eigenvalue weighted by Crippen LogP contribution is -2.13. The summed E-state index contributed by atoms with van der Waals surface area (Å²) in [6.07, 6.45) is 2.12. The highest BCUT2D eigenvalue weighted by Gasteiger charge is 2.09. The van der Waals surface area contributed by atoms with Gasteiger partial charge in [0.2, 0.25) is 0 Å². The number of carbonyl (C=O) groups is 1. The average Bonchev–Trinajstić information content (AvgIpc) is 2.54. The van der Waals surface area contributed by atoms with Gasteiger partial charge in [0.05, 0.1) is 0 Å². The van der Waals surface area contributed by atoms with E-state index in [2.05, 4.69) is 17.2 Å². The first kappa shape index (κ1) is 10.2. The SMILES string of the molecule is CCCc1ccc(C(=O)ONC)s1. The molecule has 1 N–H and O–H groups in total. The molecular formula is C9H13NO2S. The number of hydrogen-bond acceptors (Lipinski definition) is 4. The first-order valence-electron chi connectivity index (χ1n) is 4.24. The van der Waals surface area contributed by atoms with Gasteiger partial charge in [0, 0.05) is 11.9 Å². The summed E-state index contributed by atoms with van der Waals surface area (Å²) < 4.78 is 0. The quantitative estimate of drug-likeness (QED) is 0.754. The second-order valence-corrected chi connectivity index (χ2v) is 3.78. The van der Waals surface area contributed by atoms with Gasteiger partial charge in [-0.25, -0.2) is 4.79 Å². The molecule has 0 fully saturated rings. The van der Waals surface area contributed by atoms with E-state index in [9.17, 15) is 4.79 Å². The minimum atomic E-state index is -0.310. The van der Waals surface area contributed by atoms with Gasteiger partial charge in [-0.2, -0.15) is 5.48 Å². The summed E-state index contributed by atoms with van der Waals surface area (Å²) in [6, 6.07) is 3.77. The number of aryl methyl sites for hydroxylation is 1. The van der Waals surface area contributed by atoms with Crippen molar-refractivity contribution in [2.45, 2.75) is 19.8 Å². The molecule has 4 heteroatoms. The molecule has 1 heterocycles. The Morgan fingerprint density at radius 1 is 1.62 bits per heavy atom. The van der Waals surface area contributed by atoms with Crippen LogP contribution in [0.4, 0.5) is 0 Å². The fourth-order valence-corrected chi connectivity index (χ4v) is 2.00. The Morgan fingerprint density at radius 2 is 2.38 bits per heavy atom. The van der Waals surface area contributed by atoms with Crippen LogP contribution in [0.1, 0.15) is 27.9 Å². The monoisotopic (exact) mass is 199 g/mol. The molecule has 1 aromatic rings. The standard InChI is InChI=1S/C9H13NO2S/c1-3-4-7-5-6-8(13-7)9(11)12-10-2/h5-6,10H,3-4H2,1-2H3. The van der Waals surface area contributed by atoms with Crippen molar-refractivity contribution >= 4 is 17.3 Å². The summed E-state index contributed by atoms with van der Waals surface area (Å²) in [5.74, 6) is -0.310. The highest BCUT2D eigenvalue weighted by atomic mass is 32.1. The predicted molar refractivity (Wildman–Crippen MR) is 52.8 cm³/mol. The van der Waals surface area contributed by atoms with Gasteiger partial charge in [0.15, 0.2) is 0 Å². The number of carbonyl (C=O) groups excluding carboxylic acids is 1. The van der Waals surface area contributed by atoms with E-state index in [1.165, 1.54) is 16.2 Å². The van der Waals surface area contributed by atoms with Crippen LogP contribution in [0.5, 0.6) is 0 Å². The first-order valence-corrected chi connectivity index (χ1v) is 5.06. The molecule has 0 aromatic carbocycles. The van der Waals surface area contributed by atoms with Crippen molar-refractivity contribution < 1.29 is 9.63 Å². The topological polar surface area (TPSA) is 38.3 Å². The molecule has 0 bridgehead atoms. The van der Waals surface area contributed by atoms with Crippen molar-refractivity contribution in [3.63, 3.8) is 0 Å². The van der Waals surface area contributed by atoms with Crippen molar-refractivity contribution in [1.82, 2.24) is 5.48 Å². The maximum absolute atomic E-state index is 11.2. The number of hydroxylamine groups is 1. The normalized spacial score (nSPS) is 10.0. The molecule has 1 aromatic heterocycles. The second-order valence-electron chi connectivity index (χ2n) is 2.61. The van der Waals surface area contributed by atoms with Crippen LogP contribution in [-0.2, 0) is 11.3 Å². The molecule has 1 rings (SSSR count). The molecule has 72 valence electrons. The van der Waals surface area contributed by atoms with Crippen LogP contribution in [0, 0.1) is 0 Å². The van der Waals surface area contributed by atoms with Crippen molar-refractivity contribution in [2.24, 2.45) is 0 Å². The van der Waals surface area contributed by atoms with E-state index >= 15 is 0 Å². The molecule has 0 atom stereocenters. The van der Waals surface area contributed by atoms with E-state index in [4.69, 9.17) is 0 Å². The molecule has 0 aliphatic carbocycles. The van der Waals surface area contributed by atoms with E-state index in [1.807, 2.05) is 6.07 Å². The van der Waals surface area contributed by atoms with E-state index in [1.54, 1.807) is 13.1 Å². The van der Waals surface area contributed by atoms with Gasteiger partial charge in [-0.1, -0.05) is 13.3 Å². The molecule has 13 heavy (non-hydrogen) atoms. The summed E-state index contributed by atoms with van der Waals surface area (Å²) in [7, 11) is 1.57. The Balaban J connectivity index is 2.62. The summed E-state index contributed by atoms with van der Waals surface area (Å²) in [5.41, 5.74) is 2.36. The molecule has 0 saturated carbocycles. The molecule has 0 unspecified atom stereocenters. The van der Waals surface area contributed by atoms with Crippen LogP contribution in [0.2, 0.25) is 0 Å². The number of thiophene rings is 1. The van der Waals surface area contributed by atoms with Crippen LogP contribution < -0.4 is 5.48 Å². The Bertz CT molecular complexity index is 283. The predicted octanol–water partition coefficient (Wildman–Crippen LogP) is 1.99. The summed E-state index contributed by atoms with van der Waals surface area (Å²) in [4.78, 5) is 17.7. The zero-order valence-electron chi connectivity index (χ0n) is 7.79. The molecule has 0 saturated heterocycles. The van der Waals surface area contributed by atoms with Crippen LogP contribution in [0.3, 0.4) is 0 Å². The molecule has 0 amide bonds. The first-order chi connectivity index (χ1) is 6.27. The minimum absolute atomic E-state index is 0.310. The third kappa shape index (κ3) is 2.82.